The molecule has 1 N–H and O–H groups in total. The standard InChI is InChI=1S/C41H30Cl2FN3O8/c1-53-30-17-24(48)18-31(54-2)33(30)34-25-15-16-26-32(27(25)19-40(42)38(51)47(39(52)41(34,40)43)23-13-9-21(44)10-14-23)37(50)46(36(26)49)22-11-7-20(8-12-22)35-45-28-5-3-4-6-29(28)55-35/h3-15,17-18,26-27,32,34,48H,16,19H2,1-2H3/t26-,27+,32-,34+,40+,41-/m0/s1. The number of anilines is 2. The van der Waals surface area contributed by atoms with E-state index < -0.39 is 62.9 Å². The second-order valence-corrected chi connectivity index (χ2v) is 15.3. The number of nitrogens with zero attached hydrogens (tertiary/aromatic N) is 3. The molecule has 55 heavy (non-hydrogen) atoms. The zero-order valence-electron chi connectivity index (χ0n) is 29.2. The predicted molar refractivity (Wildman–Crippen MR) is 200 cm³/mol. The average Bonchev–Trinajstić information content (AvgIpc) is 3.78. The second-order valence-electron chi connectivity index (χ2n) is 14.1. The number of carbonyl (C=O) groups excluding carboxylic acids is 4. The van der Waals surface area contributed by atoms with Crippen molar-refractivity contribution in [3.63, 3.8) is 0 Å². The molecule has 1 aromatic heterocycles. The van der Waals surface area contributed by atoms with Crippen LogP contribution in [-0.2, 0) is 19.2 Å². The molecule has 9 rings (SSSR count). The van der Waals surface area contributed by atoms with Gasteiger partial charge in [-0.25, -0.2) is 14.3 Å². The van der Waals surface area contributed by atoms with E-state index in [0.717, 1.165) is 21.9 Å². The first-order valence-electron chi connectivity index (χ1n) is 17.4. The van der Waals surface area contributed by atoms with Gasteiger partial charge in [-0.05, 0) is 79.4 Å². The quantitative estimate of drug-likeness (QED) is 0.108. The van der Waals surface area contributed by atoms with Gasteiger partial charge in [0.05, 0.1) is 37.4 Å². The number of alkyl halides is 2. The van der Waals surface area contributed by atoms with Crippen LogP contribution in [0.5, 0.6) is 17.2 Å². The van der Waals surface area contributed by atoms with Crippen LogP contribution in [0.3, 0.4) is 0 Å². The van der Waals surface area contributed by atoms with E-state index in [9.17, 15) is 28.7 Å². The summed E-state index contributed by atoms with van der Waals surface area (Å²) < 4.78 is 31.3. The van der Waals surface area contributed by atoms with E-state index in [0.29, 0.717) is 33.8 Å². The lowest BCUT2D eigenvalue weighted by molar-refractivity contribution is -0.125. The minimum atomic E-state index is -2.24. The maximum absolute atomic E-state index is 14.7. The van der Waals surface area contributed by atoms with Gasteiger partial charge in [-0.15, -0.1) is 23.2 Å². The lowest BCUT2D eigenvalue weighted by Gasteiger charge is -2.51. The number of fused-ring (bicyclic) bond motifs is 5. The van der Waals surface area contributed by atoms with Gasteiger partial charge in [-0.1, -0.05) is 23.8 Å². The number of ether oxygens (including phenoxy) is 2. The molecular weight excluding hydrogens is 752 g/mol. The fraction of sp³-hybridized carbons (Fsp3) is 0.244. The first-order chi connectivity index (χ1) is 26.4. The van der Waals surface area contributed by atoms with E-state index in [1.165, 1.54) is 38.5 Å². The number of para-hydroxylation sites is 2. The summed E-state index contributed by atoms with van der Waals surface area (Å²) in [6.07, 6.45) is 1.62. The van der Waals surface area contributed by atoms with Crippen molar-refractivity contribution < 1.29 is 42.6 Å². The topological polar surface area (TPSA) is 139 Å². The van der Waals surface area contributed by atoms with Crippen molar-refractivity contribution >= 4 is 69.3 Å². The first-order valence-corrected chi connectivity index (χ1v) is 18.2. The van der Waals surface area contributed by atoms with Crippen LogP contribution >= 0.6 is 23.2 Å². The maximum Gasteiger partial charge on any atom is 0.258 e. The van der Waals surface area contributed by atoms with Crippen LogP contribution in [0.25, 0.3) is 22.6 Å². The lowest BCUT2D eigenvalue weighted by Crippen LogP contribution is -2.60. The summed E-state index contributed by atoms with van der Waals surface area (Å²) in [6.45, 7) is 0. The molecule has 1 saturated carbocycles. The normalized spacial score (nSPS) is 27.3. The zero-order valence-corrected chi connectivity index (χ0v) is 30.7. The predicted octanol–water partition coefficient (Wildman–Crippen LogP) is 7.12. The molecule has 0 radical (unpaired) electrons. The van der Waals surface area contributed by atoms with Gasteiger partial charge in [0.25, 0.3) is 11.8 Å². The smallest absolute Gasteiger partial charge is 0.258 e. The number of rotatable bonds is 6. The number of oxazole rings is 1. The second kappa shape index (κ2) is 12.4. The number of aromatic hydroxyl groups is 1. The molecule has 3 fully saturated rings. The van der Waals surface area contributed by atoms with Gasteiger partial charge in [0.15, 0.2) is 15.3 Å². The minimum absolute atomic E-state index is 0.0451. The van der Waals surface area contributed by atoms with Gasteiger partial charge < -0.3 is 19.0 Å². The summed E-state index contributed by atoms with van der Waals surface area (Å²) >= 11 is 15.0. The summed E-state index contributed by atoms with van der Waals surface area (Å²) in [7, 11) is 2.72. The molecule has 4 aromatic carbocycles. The molecule has 4 amide bonds. The molecule has 11 nitrogen and oxygen atoms in total. The third-order valence-electron chi connectivity index (χ3n) is 11.4. The number of imide groups is 2. The Labute approximate surface area is 322 Å². The van der Waals surface area contributed by atoms with Gasteiger partial charge in [0, 0.05) is 29.2 Å². The number of halogens is 3. The van der Waals surface area contributed by atoms with Gasteiger partial charge in [0.1, 0.15) is 28.6 Å². The largest absolute Gasteiger partial charge is 0.508 e. The van der Waals surface area contributed by atoms with Crippen molar-refractivity contribution in [3.05, 3.63) is 108 Å². The highest BCUT2D eigenvalue weighted by atomic mass is 35.5. The Balaban J connectivity index is 1.15. The number of allylic oxidation sites excluding steroid dienone is 2. The van der Waals surface area contributed by atoms with Gasteiger partial charge in [-0.2, -0.15) is 0 Å². The number of carbonyl (C=O) groups is 4. The number of hydrogen-bond acceptors (Lipinski definition) is 9. The first kappa shape index (κ1) is 35.0. The fourth-order valence-electron chi connectivity index (χ4n) is 8.93. The van der Waals surface area contributed by atoms with E-state index in [2.05, 4.69) is 4.98 Å². The number of benzene rings is 4. The molecule has 278 valence electrons. The van der Waals surface area contributed by atoms with Crippen molar-refractivity contribution in [1.82, 2.24) is 4.98 Å². The highest BCUT2D eigenvalue weighted by Crippen LogP contribution is 2.67. The molecule has 0 spiro atoms. The van der Waals surface area contributed by atoms with Crippen molar-refractivity contribution in [2.45, 2.75) is 28.5 Å². The third kappa shape index (κ3) is 4.83. The molecule has 14 heteroatoms. The van der Waals surface area contributed by atoms with E-state index >= 15 is 0 Å². The molecule has 6 atom stereocenters. The fourth-order valence-corrected chi connectivity index (χ4v) is 9.85. The molecule has 2 saturated heterocycles. The van der Waals surface area contributed by atoms with Gasteiger partial charge in [0.2, 0.25) is 17.7 Å². The van der Waals surface area contributed by atoms with E-state index in [-0.39, 0.29) is 41.3 Å². The van der Waals surface area contributed by atoms with Crippen molar-refractivity contribution in [3.8, 4) is 28.7 Å². The Hall–Kier alpha value is -5.72. The molecular formula is C41H30Cl2FN3O8. The number of aromatic nitrogens is 1. The Kier molecular flexibility index (Phi) is 7.90. The van der Waals surface area contributed by atoms with Crippen molar-refractivity contribution in [2.75, 3.05) is 24.0 Å². The van der Waals surface area contributed by atoms with Crippen LogP contribution in [0, 0.1) is 23.6 Å². The lowest BCUT2D eigenvalue weighted by atomic mass is 9.56. The molecule has 0 bridgehead atoms. The molecule has 0 unspecified atom stereocenters. The van der Waals surface area contributed by atoms with Crippen LogP contribution in [0.2, 0.25) is 0 Å². The average molecular weight is 783 g/mol. The van der Waals surface area contributed by atoms with Crippen LogP contribution < -0.4 is 19.3 Å². The Morgan fingerprint density at radius 3 is 2.13 bits per heavy atom. The van der Waals surface area contributed by atoms with Crippen LogP contribution in [0.15, 0.2) is 101 Å². The summed E-state index contributed by atoms with van der Waals surface area (Å²) in [5.41, 5.74) is 3.03. The highest BCUT2D eigenvalue weighted by molar-refractivity contribution is 6.58. The molecule has 3 heterocycles. The highest BCUT2D eigenvalue weighted by Gasteiger charge is 2.77. The molecule has 2 aliphatic heterocycles. The summed E-state index contributed by atoms with van der Waals surface area (Å²) in [5.74, 6) is -6.84. The van der Waals surface area contributed by atoms with Crippen LogP contribution in [0.1, 0.15) is 24.3 Å². The van der Waals surface area contributed by atoms with Gasteiger partial charge >= 0.3 is 0 Å². The Bertz CT molecular complexity index is 2450. The summed E-state index contributed by atoms with van der Waals surface area (Å²) in [4.78, 5) is 60.3. The molecule has 4 aliphatic rings. The molecule has 2 aliphatic carbocycles. The molecule has 5 aromatic rings. The summed E-state index contributed by atoms with van der Waals surface area (Å²) in [6, 6.07) is 21.5. The monoisotopic (exact) mass is 781 g/mol. The van der Waals surface area contributed by atoms with E-state index in [1.807, 2.05) is 24.3 Å². The minimum Gasteiger partial charge on any atom is -0.508 e. The zero-order chi connectivity index (χ0) is 38.6. The Morgan fingerprint density at radius 1 is 0.836 bits per heavy atom. The van der Waals surface area contributed by atoms with E-state index in [1.54, 1.807) is 30.3 Å². The SMILES string of the molecule is COc1cc(O)cc(OC)c1[C@H]1C2=CC[C@@H]3C(=O)N(c4ccc(-c5nc6ccccc6o5)cc4)C(=O)[C@@H]3[C@@H]2C[C@@]2(Cl)C(=O)N(c3ccc(F)cc3)C(=O)[C@@]12Cl. The Morgan fingerprint density at radius 2 is 1.47 bits per heavy atom. The number of phenols is 1. The number of hydrogen-bond donors (Lipinski definition) is 1. The van der Waals surface area contributed by atoms with Crippen molar-refractivity contribution in [2.24, 2.45) is 17.8 Å². The number of methoxy groups -OCH3 is 2. The number of amides is 4. The summed E-state index contributed by atoms with van der Waals surface area (Å²) in [5, 5.41) is 10.6. The third-order valence-corrected chi connectivity index (χ3v) is 12.8. The van der Waals surface area contributed by atoms with E-state index in [4.69, 9.17) is 37.1 Å². The van der Waals surface area contributed by atoms with Crippen molar-refractivity contribution in [1.29, 1.82) is 0 Å². The van der Waals surface area contributed by atoms with Crippen LogP contribution in [0.4, 0.5) is 15.8 Å². The number of phenolic OH excluding ortho intramolecular Hbond substituents is 1. The van der Waals surface area contributed by atoms with Crippen LogP contribution in [-0.4, -0.2) is 57.7 Å². The maximum atomic E-state index is 14.7. The van der Waals surface area contributed by atoms with Gasteiger partial charge in [-0.3, -0.25) is 24.1 Å².